The van der Waals surface area contributed by atoms with E-state index < -0.39 is 4.25 Å². The third kappa shape index (κ3) is 6.49. The van der Waals surface area contributed by atoms with Crippen LogP contribution in [0.25, 0.3) is 0 Å². The summed E-state index contributed by atoms with van der Waals surface area (Å²) in [7, 11) is 1.47. The Morgan fingerprint density at radius 3 is 1.35 bits per heavy atom. The first-order valence-electron chi connectivity index (χ1n) is 12.6. The molecule has 0 N–H and O–H groups in total. The molecule has 0 unspecified atom stereocenters. The molecule has 0 amide bonds. The molecule has 182 valence electrons. The second-order valence-corrected chi connectivity index (χ2v) is 19.8. The maximum atomic E-state index is 11.2. The van der Waals surface area contributed by atoms with E-state index in [1.54, 1.807) is 0 Å². The Hall–Kier alpha value is -1.71. The van der Waals surface area contributed by atoms with Gasteiger partial charge in [-0.3, -0.25) is 0 Å². The van der Waals surface area contributed by atoms with Gasteiger partial charge in [-0.05, 0) is 0 Å². The summed E-state index contributed by atoms with van der Waals surface area (Å²) < 4.78 is 2.11. The van der Waals surface area contributed by atoms with Crippen LogP contribution < -0.4 is 15.9 Å². The molecule has 4 heteroatoms. The number of benzene rings is 3. The van der Waals surface area contributed by atoms with Crippen molar-refractivity contribution >= 4 is 48.2 Å². The molecule has 2 nitrogen and oxygen atoms in total. The topological polar surface area (TPSA) is 26.3 Å². The monoisotopic (exact) mass is 588 g/mol. The van der Waals surface area contributed by atoms with E-state index in [4.69, 9.17) is 4.74 Å². The SMILES string of the molecule is COC(=O)CCCCCCCCCCP(I)(c1ccccc1)(c1ccccc1)c1ccccc1. The second kappa shape index (κ2) is 13.4. The van der Waals surface area contributed by atoms with Crippen molar-refractivity contribution in [3.8, 4) is 0 Å². The van der Waals surface area contributed by atoms with Crippen molar-refractivity contribution in [2.45, 2.75) is 57.8 Å². The number of ether oxygens (including phenoxy) is 1. The van der Waals surface area contributed by atoms with Crippen LogP contribution in [0.1, 0.15) is 57.8 Å². The molecular weight excluding hydrogens is 550 g/mol. The van der Waals surface area contributed by atoms with Crippen LogP contribution in [0.3, 0.4) is 0 Å². The molecule has 0 spiro atoms. The number of esters is 1. The minimum atomic E-state index is -2.61. The van der Waals surface area contributed by atoms with Crippen molar-refractivity contribution in [1.82, 2.24) is 0 Å². The van der Waals surface area contributed by atoms with Crippen molar-refractivity contribution < 1.29 is 9.53 Å². The van der Waals surface area contributed by atoms with Crippen LogP contribution in [-0.4, -0.2) is 19.2 Å². The second-order valence-electron chi connectivity index (χ2n) is 9.07. The molecule has 0 fully saturated rings. The van der Waals surface area contributed by atoms with Gasteiger partial charge in [0.1, 0.15) is 0 Å². The molecule has 3 rings (SSSR count). The van der Waals surface area contributed by atoms with E-state index in [9.17, 15) is 4.79 Å². The fraction of sp³-hybridized carbons (Fsp3) is 0.367. The van der Waals surface area contributed by atoms with E-state index in [1.807, 2.05) is 0 Å². The standard InChI is InChI=1S/C30H38IO2P/c1-33-30(32)25-17-6-4-2-3-5-7-18-26-34(31,27-19-11-8-12-20-27,28-21-13-9-14-22-28)29-23-15-10-16-24-29/h8-16,19-24H,2-7,17-18,25-26H2,1H3. The number of halogens is 1. The molecule has 0 saturated heterocycles. The molecule has 0 bridgehead atoms. The van der Waals surface area contributed by atoms with Crippen LogP contribution in [0, 0.1) is 0 Å². The van der Waals surface area contributed by atoms with Crippen molar-refractivity contribution in [2.75, 3.05) is 13.3 Å². The van der Waals surface area contributed by atoms with Gasteiger partial charge >= 0.3 is 213 Å². The van der Waals surface area contributed by atoms with Gasteiger partial charge in [-0.25, -0.2) is 0 Å². The zero-order valence-electron chi connectivity index (χ0n) is 20.4. The van der Waals surface area contributed by atoms with Crippen molar-refractivity contribution in [3.05, 3.63) is 91.0 Å². The molecule has 0 radical (unpaired) electrons. The number of unbranched alkanes of at least 4 members (excludes halogenated alkanes) is 7. The zero-order chi connectivity index (χ0) is 24.1. The van der Waals surface area contributed by atoms with Gasteiger partial charge < -0.3 is 0 Å². The molecular formula is C30H38IO2P. The summed E-state index contributed by atoms with van der Waals surface area (Å²) in [6, 6.07) is 33.6. The fourth-order valence-corrected chi connectivity index (χ4v) is 13.7. The van der Waals surface area contributed by atoms with Crippen LogP contribution in [0.5, 0.6) is 0 Å². The Morgan fingerprint density at radius 1 is 0.618 bits per heavy atom. The molecule has 34 heavy (non-hydrogen) atoms. The van der Waals surface area contributed by atoms with Gasteiger partial charge in [0.2, 0.25) is 0 Å². The van der Waals surface area contributed by atoms with E-state index in [0.717, 1.165) is 12.8 Å². The number of methoxy groups -OCH3 is 1. The van der Waals surface area contributed by atoms with Gasteiger partial charge in [-0.15, -0.1) is 0 Å². The number of carbonyl (C=O) groups excluding carboxylic acids is 1. The van der Waals surface area contributed by atoms with Gasteiger partial charge in [0.25, 0.3) is 0 Å². The average molecular weight is 589 g/mol. The van der Waals surface area contributed by atoms with Crippen LogP contribution in [0.2, 0.25) is 0 Å². The molecule has 0 aliphatic rings. The molecule has 0 aliphatic carbocycles. The van der Waals surface area contributed by atoms with Crippen molar-refractivity contribution in [3.63, 3.8) is 0 Å². The van der Waals surface area contributed by atoms with Crippen molar-refractivity contribution in [1.29, 1.82) is 0 Å². The summed E-state index contributed by atoms with van der Waals surface area (Å²) in [5.41, 5.74) is 0. The van der Waals surface area contributed by atoms with Gasteiger partial charge in [0.15, 0.2) is 0 Å². The van der Waals surface area contributed by atoms with E-state index in [-0.39, 0.29) is 5.97 Å². The quantitative estimate of drug-likeness (QED) is 0.0842. The normalized spacial score (nSPS) is 12.6. The third-order valence-corrected chi connectivity index (χ3v) is 18.6. The molecule has 0 atom stereocenters. The Labute approximate surface area is 218 Å². The van der Waals surface area contributed by atoms with E-state index in [1.165, 1.54) is 67.7 Å². The molecule has 3 aromatic carbocycles. The van der Waals surface area contributed by atoms with Crippen LogP contribution in [0.15, 0.2) is 91.0 Å². The van der Waals surface area contributed by atoms with Gasteiger partial charge in [0, 0.05) is 0 Å². The van der Waals surface area contributed by atoms with E-state index in [2.05, 4.69) is 113 Å². The van der Waals surface area contributed by atoms with Crippen LogP contribution in [0.4, 0.5) is 0 Å². The Morgan fingerprint density at radius 2 is 0.971 bits per heavy atom. The van der Waals surface area contributed by atoms with Crippen LogP contribution in [-0.2, 0) is 9.53 Å². The molecule has 0 aromatic heterocycles. The number of hydrogen-bond acceptors (Lipinski definition) is 2. The third-order valence-electron chi connectivity index (χ3n) is 6.82. The van der Waals surface area contributed by atoms with Gasteiger partial charge in [0.05, 0.1) is 7.11 Å². The number of rotatable bonds is 14. The Balaban J connectivity index is 1.69. The van der Waals surface area contributed by atoms with E-state index >= 15 is 0 Å². The van der Waals surface area contributed by atoms with Crippen LogP contribution >= 0.6 is 26.3 Å². The van der Waals surface area contributed by atoms with Gasteiger partial charge in [-0.1, -0.05) is 0 Å². The molecule has 0 saturated carbocycles. The number of hydrogen-bond donors (Lipinski definition) is 0. The first kappa shape index (κ1) is 26.9. The van der Waals surface area contributed by atoms with E-state index in [0.29, 0.717) is 6.42 Å². The Kier molecular flexibility index (Phi) is 10.6. The number of carbonyl (C=O) groups is 1. The zero-order valence-corrected chi connectivity index (χ0v) is 23.4. The van der Waals surface area contributed by atoms with Crippen molar-refractivity contribution in [2.24, 2.45) is 0 Å². The Bertz CT molecular complexity index is 893. The summed E-state index contributed by atoms with van der Waals surface area (Å²) >= 11 is 2.89. The summed E-state index contributed by atoms with van der Waals surface area (Å²) in [6.45, 7) is 0. The molecule has 0 aliphatic heterocycles. The summed E-state index contributed by atoms with van der Waals surface area (Å²) in [5, 5.41) is 4.41. The first-order valence-corrected chi connectivity index (χ1v) is 17.8. The predicted molar refractivity (Wildman–Crippen MR) is 158 cm³/mol. The minimum absolute atomic E-state index is 0.0876. The summed E-state index contributed by atoms with van der Waals surface area (Å²) in [5.74, 6) is -0.0876. The molecule has 0 heterocycles. The van der Waals surface area contributed by atoms with Gasteiger partial charge in [-0.2, -0.15) is 0 Å². The first-order chi connectivity index (χ1) is 16.6. The maximum absolute atomic E-state index is 11.2. The predicted octanol–water partition coefficient (Wildman–Crippen LogP) is 7.55. The fourth-order valence-electron chi connectivity index (χ4n) is 4.89. The summed E-state index contributed by atoms with van der Waals surface area (Å²) in [6.07, 6.45) is 11.3. The average Bonchev–Trinajstić information content (AvgIpc) is 2.91. The summed E-state index contributed by atoms with van der Waals surface area (Å²) in [4.78, 5) is 11.2. The molecule has 3 aromatic rings.